The second-order valence-corrected chi connectivity index (χ2v) is 4.47. The molecular formula is C11H14BrN3. The number of nitriles is 1. The molecule has 0 aliphatic rings. The van der Waals surface area contributed by atoms with Crippen LogP contribution in [0.1, 0.15) is 18.9 Å². The van der Waals surface area contributed by atoms with E-state index < -0.39 is 0 Å². The van der Waals surface area contributed by atoms with Gasteiger partial charge in [0.1, 0.15) is 5.82 Å². The van der Waals surface area contributed by atoms with Gasteiger partial charge in [0, 0.05) is 23.8 Å². The molecule has 0 saturated carbocycles. The zero-order valence-corrected chi connectivity index (χ0v) is 10.7. The first-order valence-electron chi connectivity index (χ1n) is 4.78. The van der Waals surface area contributed by atoms with E-state index in [1.54, 1.807) is 6.20 Å². The van der Waals surface area contributed by atoms with Gasteiger partial charge in [0.15, 0.2) is 0 Å². The molecule has 0 spiro atoms. The van der Waals surface area contributed by atoms with E-state index in [1.165, 1.54) is 0 Å². The molecule has 0 fully saturated rings. The van der Waals surface area contributed by atoms with Gasteiger partial charge >= 0.3 is 0 Å². The number of hydrogen-bond acceptors (Lipinski definition) is 3. The van der Waals surface area contributed by atoms with Crippen LogP contribution in [0.15, 0.2) is 16.7 Å². The van der Waals surface area contributed by atoms with Crippen LogP contribution in [0.4, 0.5) is 5.82 Å². The van der Waals surface area contributed by atoms with E-state index in [0.29, 0.717) is 6.42 Å². The number of hydrogen-bond donors (Lipinski definition) is 0. The van der Waals surface area contributed by atoms with E-state index in [1.807, 2.05) is 31.9 Å². The maximum Gasteiger partial charge on any atom is 0.128 e. The van der Waals surface area contributed by atoms with E-state index in [9.17, 15) is 0 Å². The standard InChI is InChI=1S/C11H14BrN3/c1-8-6-11(14-7-10(8)12)15(3)9(2)4-5-13/h6-7,9H,4H2,1-3H3. The molecule has 1 atom stereocenters. The van der Waals surface area contributed by atoms with Gasteiger partial charge in [-0.2, -0.15) is 5.26 Å². The summed E-state index contributed by atoms with van der Waals surface area (Å²) in [6, 6.07) is 4.36. The number of pyridine rings is 1. The summed E-state index contributed by atoms with van der Waals surface area (Å²) < 4.78 is 1.01. The molecule has 1 aromatic rings. The van der Waals surface area contributed by atoms with E-state index in [-0.39, 0.29) is 6.04 Å². The minimum absolute atomic E-state index is 0.183. The number of aromatic nitrogens is 1. The lowest BCUT2D eigenvalue weighted by Gasteiger charge is -2.24. The molecule has 0 radical (unpaired) electrons. The van der Waals surface area contributed by atoms with Crippen molar-refractivity contribution in [1.29, 1.82) is 5.26 Å². The van der Waals surface area contributed by atoms with Gasteiger partial charge in [0.25, 0.3) is 0 Å². The number of anilines is 1. The highest BCUT2D eigenvalue weighted by molar-refractivity contribution is 9.10. The smallest absolute Gasteiger partial charge is 0.128 e. The van der Waals surface area contributed by atoms with Crippen LogP contribution in [-0.4, -0.2) is 18.1 Å². The molecule has 3 nitrogen and oxygen atoms in total. The molecule has 4 heteroatoms. The van der Waals surface area contributed by atoms with Crippen LogP contribution in [0, 0.1) is 18.3 Å². The molecule has 0 aliphatic heterocycles. The first kappa shape index (κ1) is 12.0. The Balaban J connectivity index is 2.87. The Morgan fingerprint density at radius 1 is 1.67 bits per heavy atom. The van der Waals surface area contributed by atoms with Gasteiger partial charge in [-0.25, -0.2) is 4.98 Å². The summed E-state index contributed by atoms with van der Waals surface area (Å²) in [5, 5.41) is 8.63. The van der Waals surface area contributed by atoms with Crippen LogP contribution in [0.5, 0.6) is 0 Å². The third-order valence-corrected chi connectivity index (χ3v) is 3.27. The average Bonchev–Trinajstić information content (AvgIpc) is 2.21. The first-order chi connectivity index (χ1) is 7.06. The van der Waals surface area contributed by atoms with E-state index in [0.717, 1.165) is 15.9 Å². The molecule has 0 aromatic carbocycles. The van der Waals surface area contributed by atoms with E-state index in [4.69, 9.17) is 5.26 Å². The predicted molar refractivity (Wildman–Crippen MR) is 64.8 cm³/mol. The summed E-state index contributed by atoms with van der Waals surface area (Å²) in [6.07, 6.45) is 2.30. The molecule has 1 aromatic heterocycles. The van der Waals surface area contributed by atoms with Gasteiger partial charge in [-0.1, -0.05) is 0 Å². The number of aryl methyl sites for hydroxylation is 1. The summed E-state index contributed by atoms with van der Waals surface area (Å²) in [4.78, 5) is 6.33. The molecule has 0 N–H and O–H groups in total. The monoisotopic (exact) mass is 267 g/mol. The molecule has 1 rings (SSSR count). The van der Waals surface area contributed by atoms with Crippen LogP contribution in [0.25, 0.3) is 0 Å². The quantitative estimate of drug-likeness (QED) is 0.846. The summed E-state index contributed by atoms with van der Waals surface area (Å²) in [6.45, 7) is 4.04. The first-order valence-corrected chi connectivity index (χ1v) is 5.57. The number of halogens is 1. The SMILES string of the molecule is Cc1cc(N(C)C(C)CC#N)ncc1Br. The Bertz CT molecular complexity index is 384. The minimum atomic E-state index is 0.183. The highest BCUT2D eigenvalue weighted by Crippen LogP contribution is 2.20. The minimum Gasteiger partial charge on any atom is -0.356 e. The molecule has 80 valence electrons. The van der Waals surface area contributed by atoms with Crippen molar-refractivity contribution < 1.29 is 0 Å². The molecular weight excluding hydrogens is 254 g/mol. The predicted octanol–water partition coefficient (Wildman–Crippen LogP) is 2.89. The Kier molecular flexibility index (Phi) is 4.10. The second-order valence-electron chi connectivity index (χ2n) is 3.61. The van der Waals surface area contributed by atoms with Crippen molar-refractivity contribution in [2.24, 2.45) is 0 Å². The number of nitrogens with zero attached hydrogens (tertiary/aromatic N) is 3. The van der Waals surface area contributed by atoms with Crippen molar-refractivity contribution in [3.8, 4) is 6.07 Å². The Morgan fingerprint density at radius 3 is 2.87 bits per heavy atom. The van der Waals surface area contributed by atoms with Gasteiger partial charge in [0.05, 0.1) is 12.5 Å². The van der Waals surface area contributed by atoms with Crippen molar-refractivity contribution in [2.75, 3.05) is 11.9 Å². The highest BCUT2D eigenvalue weighted by atomic mass is 79.9. The highest BCUT2D eigenvalue weighted by Gasteiger charge is 2.11. The zero-order valence-electron chi connectivity index (χ0n) is 9.16. The largest absolute Gasteiger partial charge is 0.356 e. The number of rotatable bonds is 3. The molecule has 0 saturated heterocycles. The van der Waals surface area contributed by atoms with Crippen molar-refractivity contribution in [3.63, 3.8) is 0 Å². The van der Waals surface area contributed by atoms with Crippen LogP contribution < -0.4 is 4.90 Å². The van der Waals surface area contributed by atoms with Gasteiger partial charge < -0.3 is 4.90 Å². The molecule has 0 amide bonds. The maximum atomic E-state index is 8.63. The summed E-state index contributed by atoms with van der Waals surface area (Å²) in [5.74, 6) is 0.901. The average molecular weight is 268 g/mol. The molecule has 1 unspecified atom stereocenters. The Morgan fingerprint density at radius 2 is 2.33 bits per heavy atom. The van der Waals surface area contributed by atoms with Crippen LogP contribution in [0.2, 0.25) is 0 Å². The third-order valence-electron chi connectivity index (χ3n) is 2.44. The van der Waals surface area contributed by atoms with Crippen LogP contribution in [-0.2, 0) is 0 Å². The van der Waals surface area contributed by atoms with Gasteiger partial charge in [-0.15, -0.1) is 0 Å². The molecule has 0 bridgehead atoms. The zero-order chi connectivity index (χ0) is 11.4. The summed E-state index contributed by atoms with van der Waals surface area (Å²) in [5.41, 5.74) is 1.15. The second kappa shape index (κ2) is 5.13. The topological polar surface area (TPSA) is 39.9 Å². The Labute approximate surface area is 98.9 Å². The molecule has 15 heavy (non-hydrogen) atoms. The fourth-order valence-corrected chi connectivity index (χ4v) is 1.43. The van der Waals surface area contributed by atoms with Crippen LogP contribution in [0.3, 0.4) is 0 Å². The lowest BCUT2D eigenvalue weighted by Crippen LogP contribution is -2.29. The van der Waals surface area contributed by atoms with Gasteiger partial charge in [-0.05, 0) is 41.4 Å². The van der Waals surface area contributed by atoms with Gasteiger partial charge in [-0.3, -0.25) is 0 Å². The Hall–Kier alpha value is -1.08. The fraction of sp³-hybridized carbons (Fsp3) is 0.455. The van der Waals surface area contributed by atoms with Crippen molar-refractivity contribution in [2.45, 2.75) is 26.3 Å². The lowest BCUT2D eigenvalue weighted by molar-refractivity contribution is 0.693. The fourth-order valence-electron chi connectivity index (χ4n) is 1.21. The normalized spacial score (nSPS) is 11.9. The molecule has 0 aliphatic carbocycles. The molecule has 1 heterocycles. The van der Waals surface area contributed by atoms with E-state index in [2.05, 4.69) is 27.0 Å². The van der Waals surface area contributed by atoms with Crippen molar-refractivity contribution in [3.05, 3.63) is 22.3 Å². The van der Waals surface area contributed by atoms with E-state index >= 15 is 0 Å². The van der Waals surface area contributed by atoms with Crippen molar-refractivity contribution >= 4 is 21.7 Å². The summed E-state index contributed by atoms with van der Waals surface area (Å²) in [7, 11) is 1.96. The lowest BCUT2D eigenvalue weighted by atomic mass is 10.2. The third kappa shape index (κ3) is 2.93. The van der Waals surface area contributed by atoms with Gasteiger partial charge in [0.2, 0.25) is 0 Å². The van der Waals surface area contributed by atoms with Crippen LogP contribution >= 0.6 is 15.9 Å². The maximum absolute atomic E-state index is 8.63. The van der Waals surface area contributed by atoms with Crippen molar-refractivity contribution in [1.82, 2.24) is 4.98 Å². The summed E-state index contributed by atoms with van der Waals surface area (Å²) >= 11 is 3.41.